The third-order valence-corrected chi connectivity index (χ3v) is 2.97. The first-order chi connectivity index (χ1) is 10.8. The Morgan fingerprint density at radius 1 is 0.818 bits per heavy atom. The summed E-state index contributed by atoms with van der Waals surface area (Å²) in [7, 11) is 0. The SMILES string of the molecule is O=C(/C=C/c1ccccc1)NCCNC(=O)c1ccccc1. The van der Waals surface area contributed by atoms with Crippen LogP contribution in [0.4, 0.5) is 0 Å². The number of hydrogen-bond acceptors (Lipinski definition) is 2. The zero-order chi connectivity index (χ0) is 15.6. The van der Waals surface area contributed by atoms with Gasteiger partial charge in [0.15, 0.2) is 0 Å². The number of carbonyl (C=O) groups is 2. The molecule has 0 aromatic heterocycles. The van der Waals surface area contributed by atoms with Crippen molar-refractivity contribution < 1.29 is 9.59 Å². The van der Waals surface area contributed by atoms with Gasteiger partial charge in [0.05, 0.1) is 0 Å². The molecule has 2 rings (SSSR count). The maximum Gasteiger partial charge on any atom is 0.251 e. The van der Waals surface area contributed by atoms with Crippen LogP contribution in [0.3, 0.4) is 0 Å². The first-order valence-corrected chi connectivity index (χ1v) is 7.10. The van der Waals surface area contributed by atoms with Crippen molar-refractivity contribution in [3.63, 3.8) is 0 Å². The topological polar surface area (TPSA) is 58.2 Å². The van der Waals surface area contributed by atoms with Gasteiger partial charge in [-0.15, -0.1) is 0 Å². The molecule has 22 heavy (non-hydrogen) atoms. The normalized spacial score (nSPS) is 10.4. The van der Waals surface area contributed by atoms with E-state index in [9.17, 15) is 9.59 Å². The monoisotopic (exact) mass is 294 g/mol. The van der Waals surface area contributed by atoms with Crippen molar-refractivity contribution in [1.82, 2.24) is 10.6 Å². The van der Waals surface area contributed by atoms with E-state index in [1.165, 1.54) is 6.08 Å². The van der Waals surface area contributed by atoms with Crippen molar-refractivity contribution in [3.05, 3.63) is 77.9 Å². The lowest BCUT2D eigenvalue weighted by atomic mass is 10.2. The molecule has 0 aliphatic rings. The number of nitrogens with one attached hydrogen (secondary N) is 2. The second-order valence-electron chi connectivity index (χ2n) is 4.66. The molecule has 0 fully saturated rings. The van der Waals surface area contributed by atoms with Crippen molar-refractivity contribution in [2.75, 3.05) is 13.1 Å². The molecule has 4 nitrogen and oxygen atoms in total. The second-order valence-corrected chi connectivity index (χ2v) is 4.66. The molecule has 2 N–H and O–H groups in total. The number of benzene rings is 2. The lowest BCUT2D eigenvalue weighted by Gasteiger charge is -2.05. The van der Waals surface area contributed by atoms with Crippen LogP contribution in [-0.4, -0.2) is 24.9 Å². The third kappa shape index (κ3) is 5.25. The van der Waals surface area contributed by atoms with Gasteiger partial charge in [0.25, 0.3) is 5.91 Å². The Morgan fingerprint density at radius 3 is 2.09 bits per heavy atom. The Balaban J connectivity index is 1.67. The van der Waals surface area contributed by atoms with E-state index >= 15 is 0 Å². The van der Waals surface area contributed by atoms with Crippen molar-refractivity contribution in [2.24, 2.45) is 0 Å². The molecule has 4 heteroatoms. The average Bonchev–Trinajstić information content (AvgIpc) is 2.58. The molecule has 0 heterocycles. The van der Waals surface area contributed by atoms with E-state index in [-0.39, 0.29) is 11.8 Å². The zero-order valence-electron chi connectivity index (χ0n) is 12.2. The molecule has 0 saturated heterocycles. The largest absolute Gasteiger partial charge is 0.351 e. The third-order valence-electron chi connectivity index (χ3n) is 2.97. The Morgan fingerprint density at radius 2 is 1.41 bits per heavy atom. The highest BCUT2D eigenvalue weighted by atomic mass is 16.2. The van der Waals surface area contributed by atoms with Crippen LogP contribution >= 0.6 is 0 Å². The van der Waals surface area contributed by atoms with Crippen LogP contribution in [0.25, 0.3) is 6.08 Å². The average molecular weight is 294 g/mol. The van der Waals surface area contributed by atoms with Gasteiger partial charge >= 0.3 is 0 Å². The molecular formula is C18H18N2O2. The Bertz CT molecular complexity index is 637. The molecule has 0 unspecified atom stereocenters. The molecule has 0 atom stereocenters. The minimum absolute atomic E-state index is 0.144. The lowest BCUT2D eigenvalue weighted by Crippen LogP contribution is -2.33. The Hall–Kier alpha value is -2.88. The van der Waals surface area contributed by atoms with E-state index in [2.05, 4.69) is 10.6 Å². The van der Waals surface area contributed by atoms with Gasteiger partial charge in [-0.2, -0.15) is 0 Å². The number of carbonyl (C=O) groups excluding carboxylic acids is 2. The predicted octanol–water partition coefficient (Wildman–Crippen LogP) is 2.25. The summed E-state index contributed by atoms with van der Waals surface area (Å²) >= 11 is 0. The lowest BCUT2D eigenvalue weighted by molar-refractivity contribution is -0.116. The summed E-state index contributed by atoms with van der Waals surface area (Å²) in [6.45, 7) is 0.773. The molecular weight excluding hydrogens is 276 g/mol. The van der Waals surface area contributed by atoms with Gasteiger partial charge in [0, 0.05) is 24.7 Å². The fourth-order valence-corrected chi connectivity index (χ4v) is 1.85. The van der Waals surface area contributed by atoms with Gasteiger partial charge in [-0.25, -0.2) is 0 Å². The number of hydrogen-bond donors (Lipinski definition) is 2. The van der Waals surface area contributed by atoms with Crippen molar-refractivity contribution in [1.29, 1.82) is 0 Å². The summed E-state index contributed by atoms with van der Waals surface area (Å²) < 4.78 is 0. The van der Waals surface area contributed by atoms with Gasteiger partial charge in [-0.05, 0) is 23.8 Å². The molecule has 0 bridgehead atoms. The van der Waals surface area contributed by atoms with Crippen molar-refractivity contribution >= 4 is 17.9 Å². The van der Waals surface area contributed by atoms with Gasteiger partial charge < -0.3 is 10.6 Å². The molecule has 112 valence electrons. The molecule has 0 saturated carbocycles. The maximum absolute atomic E-state index is 11.8. The van der Waals surface area contributed by atoms with Crippen LogP contribution in [0.1, 0.15) is 15.9 Å². The summed E-state index contributed by atoms with van der Waals surface area (Å²) in [4.78, 5) is 23.4. The number of rotatable bonds is 6. The Kier molecular flexibility index (Phi) is 5.93. The van der Waals surface area contributed by atoms with E-state index < -0.39 is 0 Å². The first kappa shape index (κ1) is 15.5. The summed E-state index contributed by atoms with van der Waals surface area (Å²) in [6.07, 6.45) is 3.23. The fraction of sp³-hybridized carbons (Fsp3) is 0.111. The zero-order valence-corrected chi connectivity index (χ0v) is 12.2. The highest BCUT2D eigenvalue weighted by Gasteiger charge is 2.03. The first-order valence-electron chi connectivity index (χ1n) is 7.10. The molecule has 0 radical (unpaired) electrons. The van der Waals surface area contributed by atoms with E-state index in [0.29, 0.717) is 18.7 Å². The van der Waals surface area contributed by atoms with Gasteiger partial charge in [-0.3, -0.25) is 9.59 Å². The standard InChI is InChI=1S/C18H18N2O2/c21-17(12-11-15-7-3-1-4-8-15)19-13-14-20-18(22)16-9-5-2-6-10-16/h1-12H,13-14H2,(H,19,21)(H,20,22)/b12-11+. The minimum atomic E-state index is -0.183. The molecule has 0 aliphatic carbocycles. The van der Waals surface area contributed by atoms with Crippen LogP contribution in [0.2, 0.25) is 0 Å². The predicted molar refractivity (Wildman–Crippen MR) is 87.3 cm³/mol. The molecule has 0 aliphatic heterocycles. The van der Waals surface area contributed by atoms with E-state index in [0.717, 1.165) is 5.56 Å². The summed E-state index contributed by atoms with van der Waals surface area (Å²) in [5, 5.41) is 5.47. The molecule has 2 amide bonds. The molecule has 2 aromatic rings. The second kappa shape index (κ2) is 8.42. The van der Waals surface area contributed by atoms with Crippen LogP contribution in [0.15, 0.2) is 66.7 Å². The van der Waals surface area contributed by atoms with E-state index in [4.69, 9.17) is 0 Å². The van der Waals surface area contributed by atoms with E-state index in [1.807, 2.05) is 48.5 Å². The smallest absolute Gasteiger partial charge is 0.251 e. The van der Waals surface area contributed by atoms with Crippen molar-refractivity contribution in [3.8, 4) is 0 Å². The fourth-order valence-electron chi connectivity index (χ4n) is 1.85. The van der Waals surface area contributed by atoms with Gasteiger partial charge in [-0.1, -0.05) is 48.5 Å². The molecule has 0 spiro atoms. The summed E-state index contributed by atoms with van der Waals surface area (Å²) in [5.41, 5.74) is 1.58. The van der Waals surface area contributed by atoms with Crippen molar-refractivity contribution in [2.45, 2.75) is 0 Å². The Labute approximate surface area is 129 Å². The minimum Gasteiger partial charge on any atom is -0.351 e. The highest BCUT2D eigenvalue weighted by molar-refractivity contribution is 5.94. The summed E-state index contributed by atoms with van der Waals surface area (Å²) in [5.74, 6) is -0.326. The van der Waals surface area contributed by atoms with Crippen LogP contribution < -0.4 is 10.6 Å². The highest BCUT2D eigenvalue weighted by Crippen LogP contribution is 2.00. The van der Waals surface area contributed by atoms with Gasteiger partial charge in [0.1, 0.15) is 0 Å². The van der Waals surface area contributed by atoms with Crippen LogP contribution in [0, 0.1) is 0 Å². The van der Waals surface area contributed by atoms with Crippen LogP contribution in [-0.2, 0) is 4.79 Å². The molecule has 2 aromatic carbocycles. The maximum atomic E-state index is 11.8. The number of amides is 2. The van der Waals surface area contributed by atoms with E-state index in [1.54, 1.807) is 18.2 Å². The summed E-state index contributed by atoms with van der Waals surface area (Å²) in [6, 6.07) is 18.6. The van der Waals surface area contributed by atoms with Gasteiger partial charge in [0.2, 0.25) is 5.91 Å². The van der Waals surface area contributed by atoms with Crippen LogP contribution in [0.5, 0.6) is 0 Å². The quantitative estimate of drug-likeness (QED) is 0.634.